The van der Waals surface area contributed by atoms with Crippen molar-refractivity contribution in [1.29, 1.82) is 0 Å². The Labute approximate surface area is 177 Å². The summed E-state index contributed by atoms with van der Waals surface area (Å²) in [5.41, 5.74) is 9.70. The van der Waals surface area contributed by atoms with Crippen LogP contribution in [0.5, 0.6) is 0 Å². The molecule has 7 heteroatoms. The molecule has 144 valence electrons. The number of nitrogens with two attached hydrogens (primary N) is 1. The van der Waals surface area contributed by atoms with Crippen LogP contribution < -0.4 is 10.5 Å². The van der Waals surface area contributed by atoms with Gasteiger partial charge in [0.25, 0.3) is 0 Å². The van der Waals surface area contributed by atoms with Crippen molar-refractivity contribution in [3.63, 3.8) is 0 Å². The summed E-state index contributed by atoms with van der Waals surface area (Å²) in [6.45, 7) is 0. The van der Waals surface area contributed by atoms with Crippen LogP contribution in [0.2, 0.25) is 5.02 Å². The van der Waals surface area contributed by atoms with Crippen LogP contribution in [0.25, 0.3) is 33.0 Å². The quantitative estimate of drug-likeness (QED) is 0.362. The summed E-state index contributed by atoms with van der Waals surface area (Å²) in [6, 6.07) is 23.0. The van der Waals surface area contributed by atoms with Gasteiger partial charge in [0, 0.05) is 10.9 Å². The third-order valence-corrected chi connectivity index (χ3v) is 5.47. The van der Waals surface area contributed by atoms with E-state index in [9.17, 15) is 4.79 Å². The molecule has 0 fully saturated rings. The summed E-state index contributed by atoms with van der Waals surface area (Å²) in [5.74, 6) is 0. The number of aromatic nitrogens is 2. The highest BCUT2D eigenvalue weighted by atomic mass is 35.5. The van der Waals surface area contributed by atoms with E-state index in [0.29, 0.717) is 10.7 Å². The van der Waals surface area contributed by atoms with Crippen molar-refractivity contribution in [3.8, 4) is 11.1 Å². The molecule has 1 aromatic heterocycles. The van der Waals surface area contributed by atoms with Gasteiger partial charge in [-0.2, -0.15) is 5.10 Å². The second-order valence-electron chi connectivity index (χ2n) is 6.30. The zero-order valence-electron chi connectivity index (χ0n) is 15.2. The molecule has 0 radical (unpaired) electrons. The molecule has 2 amide bonds. The van der Waals surface area contributed by atoms with Crippen LogP contribution in [0.1, 0.15) is 11.3 Å². The van der Waals surface area contributed by atoms with Gasteiger partial charge in [0.15, 0.2) is 0 Å². The average Bonchev–Trinajstić information content (AvgIpc) is 3.14. The molecule has 4 rings (SSSR count). The first-order chi connectivity index (χ1) is 14.1. The van der Waals surface area contributed by atoms with Gasteiger partial charge in [0.05, 0.1) is 15.4 Å². The second kappa shape index (κ2) is 8.43. The van der Waals surface area contributed by atoms with Crippen molar-refractivity contribution in [2.75, 3.05) is 0 Å². The van der Waals surface area contributed by atoms with Crippen molar-refractivity contribution in [2.24, 2.45) is 5.73 Å². The van der Waals surface area contributed by atoms with E-state index in [1.807, 2.05) is 78.9 Å². The number of nitrogens with one attached hydrogen (secondary N) is 2. The number of nitrogens with zero attached hydrogens (tertiary/aromatic N) is 1. The number of primary amides is 1. The van der Waals surface area contributed by atoms with E-state index in [0.717, 1.165) is 44.4 Å². The van der Waals surface area contributed by atoms with Gasteiger partial charge >= 0.3 is 6.03 Å². The number of carbonyl (C=O) groups is 1. The van der Waals surface area contributed by atoms with Crippen LogP contribution in [0, 0.1) is 0 Å². The lowest BCUT2D eigenvalue weighted by Crippen LogP contribution is -2.22. The topological polar surface area (TPSA) is 83.8 Å². The van der Waals surface area contributed by atoms with Gasteiger partial charge in [0.1, 0.15) is 5.69 Å². The first-order valence-electron chi connectivity index (χ1n) is 8.84. The molecule has 29 heavy (non-hydrogen) atoms. The van der Waals surface area contributed by atoms with Crippen LogP contribution in [0.3, 0.4) is 0 Å². The highest BCUT2D eigenvalue weighted by molar-refractivity contribution is 8.07. The molecule has 0 saturated heterocycles. The summed E-state index contributed by atoms with van der Waals surface area (Å²) in [6.07, 6.45) is 1.95. The highest BCUT2D eigenvalue weighted by Gasteiger charge is 2.16. The normalized spacial score (nSPS) is 11.6. The number of halogens is 1. The number of carbonyl (C=O) groups excluding carboxylic acids is 1. The minimum atomic E-state index is -0.623. The molecule has 0 aliphatic rings. The fourth-order valence-corrected chi connectivity index (χ4v) is 3.95. The number of amides is 2. The van der Waals surface area contributed by atoms with E-state index in [1.54, 1.807) is 0 Å². The number of H-pyrrole nitrogens is 1. The highest BCUT2D eigenvalue weighted by Crippen LogP contribution is 2.37. The molecule has 3 aromatic carbocycles. The maximum atomic E-state index is 11.3. The largest absolute Gasteiger partial charge is 0.351 e. The van der Waals surface area contributed by atoms with Crippen molar-refractivity contribution < 1.29 is 4.79 Å². The van der Waals surface area contributed by atoms with Crippen LogP contribution in [0.4, 0.5) is 4.79 Å². The van der Waals surface area contributed by atoms with Gasteiger partial charge in [0.2, 0.25) is 0 Å². The third-order valence-electron chi connectivity index (χ3n) is 4.33. The minimum Gasteiger partial charge on any atom is -0.351 e. The van der Waals surface area contributed by atoms with Crippen LogP contribution in [-0.2, 0) is 0 Å². The van der Waals surface area contributed by atoms with Crippen molar-refractivity contribution in [3.05, 3.63) is 89.1 Å². The third kappa shape index (κ3) is 4.29. The maximum Gasteiger partial charge on any atom is 0.322 e. The predicted molar refractivity (Wildman–Crippen MR) is 121 cm³/mol. The Morgan fingerprint density at radius 2 is 1.76 bits per heavy atom. The second-order valence-corrected chi connectivity index (χ2v) is 7.56. The van der Waals surface area contributed by atoms with Gasteiger partial charge < -0.3 is 5.73 Å². The molecule has 0 aliphatic heterocycles. The first kappa shape index (κ1) is 19.1. The number of urea groups is 1. The van der Waals surface area contributed by atoms with Gasteiger partial charge in [-0.15, -0.1) is 0 Å². The Balaban J connectivity index is 1.85. The minimum absolute atomic E-state index is 0.623. The van der Waals surface area contributed by atoms with Crippen molar-refractivity contribution >= 4 is 51.5 Å². The monoisotopic (exact) mass is 420 g/mol. The van der Waals surface area contributed by atoms with Crippen molar-refractivity contribution in [2.45, 2.75) is 0 Å². The van der Waals surface area contributed by atoms with Crippen LogP contribution >= 0.6 is 23.5 Å². The molecular formula is C22H17ClN4OS. The molecule has 0 unspecified atom stereocenters. The van der Waals surface area contributed by atoms with E-state index in [2.05, 4.69) is 14.9 Å². The first-order valence-corrected chi connectivity index (χ1v) is 10.0. The number of hydrogen-bond donors (Lipinski definition) is 3. The number of benzene rings is 3. The van der Waals surface area contributed by atoms with E-state index in [4.69, 9.17) is 17.3 Å². The van der Waals surface area contributed by atoms with Gasteiger partial charge in [-0.3, -0.25) is 9.82 Å². The van der Waals surface area contributed by atoms with Gasteiger partial charge in [-0.1, -0.05) is 72.3 Å². The lowest BCUT2D eigenvalue weighted by atomic mass is 10.0. The van der Waals surface area contributed by atoms with E-state index < -0.39 is 6.03 Å². The molecular weight excluding hydrogens is 404 g/mol. The Morgan fingerprint density at radius 3 is 2.45 bits per heavy atom. The predicted octanol–water partition coefficient (Wildman–Crippen LogP) is 5.70. The lowest BCUT2D eigenvalue weighted by Gasteiger charge is -2.08. The number of hydrogen-bond acceptors (Lipinski definition) is 3. The average molecular weight is 421 g/mol. The zero-order valence-corrected chi connectivity index (χ0v) is 16.8. The smallest absolute Gasteiger partial charge is 0.322 e. The summed E-state index contributed by atoms with van der Waals surface area (Å²) >= 11 is 7.64. The number of fused-ring (bicyclic) bond motifs is 1. The van der Waals surface area contributed by atoms with Crippen LogP contribution in [0.15, 0.2) is 72.8 Å². The van der Waals surface area contributed by atoms with E-state index >= 15 is 0 Å². The Hall–Kier alpha value is -3.22. The molecule has 4 N–H and O–H groups in total. The van der Waals surface area contributed by atoms with Gasteiger partial charge in [-0.25, -0.2) is 4.79 Å². The summed E-state index contributed by atoms with van der Waals surface area (Å²) < 4.78 is 2.58. The molecule has 5 nitrogen and oxygen atoms in total. The molecule has 0 bridgehead atoms. The summed E-state index contributed by atoms with van der Waals surface area (Å²) in [7, 11) is 0. The van der Waals surface area contributed by atoms with Crippen LogP contribution in [-0.4, -0.2) is 16.2 Å². The molecule has 4 aromatic rings. The molecule has 0 spiro atoms. The Kier molecular flexibility index (Phi) is 5.55. The molecule has 0 aliphatic carbocycles. The zero-order chi connectivity index (χ0) is 20.2. The molecule has 0 atom stereocenters. The maximum absolute atomic E-state index is 11.3. The number of rotatable bonds is 5. The number of aromatic amines is 1. The Morgan fingerprint density at radius 1 is 1.07 bits per heavy atom. The molecule has 1 heterocycles. The summed E-state index contributed by atoms with van der Waals surface area (Å²) in [5, 5.41) is 9.04. The summed E-state index contributed by atoms with van der Waals surface area (Å²) in [4.78, 5) is 12.0. The van der Waals surface area contributed by atoms with E-state index in [-0.39, 0.29) is 0 Å². The SMILES string of the molecule is NC(=O)NSC(=Cc1ccccc1)c1n[nH]c2cc(Cl)c(-c3ccccc3)cc12. The Bertz CT molecular complexity index is 1190. The fourth-order valence-electron chi connectivity index (χ4n) is 3.02. The van der Waals surface area contributed by atoms with Gasteiger partial charge in [-0.05, 0) is 41.3 Å². The fraction of sp³-hybridized carbons (Fsp3) is 0. The standard InChI is InChI=1S/C22H17ClN4OS/c23-18-13-19-17(12-16(18)15-9-5-2-6-10-15)21(26-25-19)20(29-27-22(24)28)11-14-7-3-1-4-8-14/h1-13H,(H,25,26)(H3,24,27,28). The molecule has 0 saturated carbocycles. The van der Waals surface area contributed by atoms with Crippen molar-refractivity contribution in [1.82, 2.24) is 14.9 Å². The van der Waals surface area contributed by atoms with E-state index in [1.165, 1.54) is 0 Å². The lowest BCUT2D eigenvalue weighted by molar-refractivity contribution is 0.254.